The van der Waals surface area contributed by atoms with Gasteiger partial charge in [-0.25, -0.2) is 4.79 Å². The molecule has 1 aliphatic heterocycles. The second kappa shape index (κ2) is 3.53. The average Bonchev–Trinajstić information content (AvgIpc) is 2.10. The third-order valence-corrected chi connectivity index (χ3v) is 2.04. The van der Waals surface area contributed by atoms with Gasteiger partial charge in [0.05, 0.1) is 0 Å². The predicted octanol–water partition coefficient (Wildman–Crippen LogP) is 0.852. The summed E-state index contributed by atoms with van der Waals surface area (Å²) in [6, 6.07) is 0. The van der Waals surface area contributed by atoms with E-state index >= 15 is 0 Å². The van der Waals surface area contributed by atoms with Crippen molar-refractivity contribution in [3.05, 3.63) is 12.2 Å². The fourth-order valence-corrected chi connectivity index (χ4v) is 1.18. The molecule has 1 saturated heterocycles. The molecular weight excluding hydrogens is 184 g/mol. The largest absolute Gasteiger partial charge is 0.459 e. The van der Waals surface area contributed by atoms with Gasteiger partial charge in [0.25, 0.3) is 0 Å². The maximum Gasteiger partial charge on any atom is 0.333 e. The van der Waals surface area contributed by atoms with Crippen LogP contribution < -0.4 is 0 Å². The molecule has 0 aromatic carbocycles. The van der Waals surface area contributed by atoms with Crippen molar-refractivity contribution in [2.45, 2.75) is 32.5 Å². The zero-order valence-corrected chi connectivity index (χ0v) is 8.62. The molecule has 4 nitrogen and oxygen atoms in total. The standard InChI is InChI=1S/C10H14O4/c1-6(2)9(12)13-5-7-8(11)10(3,4)14-7/h7H,1,5H2,2-4H3. The van der Waals surface area contributed by atoms with E-state index in [9.17, 15) is 9.59 Å². The fourth-order valence-electron chi connectivity index (χ4n) is 1.18. The van der Waals surface area contributed by atoms with E-state index in [0.717, 1.165) is 0 Å². The third kappa shape index (κ3) is 2.01. The van der Waals surface area contributed by atoms with Crippen LogP contribution in [-0.4, -0.2) is 30.1 Å². The normalized spacial score (nSPS) is 23.9. The van der Waals surface area contributed by atoms with Crippen LogP contribution in [0.4, 0.5) is 0 Å². The Kier molecular flexibility index (Phi) is 2.76. The summed E-state index contributed by atoms with van der Waals surface area (Å²) in [5.74, 6) is -0.530. The molecule has 1 atom stereocenters. The molecule has 78 valence electrons. The SMILES string of the molecule is C=C(C)C(=O)OCC1OC(C)(C)C1=O. The number of hydrogen-bond acceptors (Lipinski definition) is 4. The number of ether oxygens (including phenoxy) is 2. The molecule has 1 rings (SSSR count). The lowest BCUT2D eigenvalue weighted by Gasteiger charge is -2.40. The first-order chi connectivity index (χ1) is 6.34. The Morgan fingerprint density at radius 1 is 1.64 bits per heavy atom. The summed E-state index contributed by atoms with van der Waals surface area (Å²) in [7, 11) is 0. The molecule has 0 saturated carbocycles. The number of carbonyl (C=O) groups excluding carboxylic acids is 2. The van der Waals surface area contributed by atoms with E-state index in [-0.39, 0.29) is 12.4 Å². The molecule has 1 unspecified atom stereocenters. The van der Waals surface area contributed by atoms with Crippen molar-refractivity contribution >= 4 is 11.8 Å². The molecule has 1 aliphatic rings. The van der Waals surface area contributed by atoms with E-state index in [4.69, 9.17) is 9.47 Å². The topological polar surface area (TPSA) is 52.6 Å². The number of carbonyl (C=O) groups is 2. The van der Waals surface area contributed by atoms with Crippen molar-refractivity contribution in [1.29, 1.82) is 0 Å². The van der Waals surface area contributed by atoms with Crippen LogP contribution in [0.3, 0.4) is 0 Å². The van der Waals surface area contributed by atoms with Crippen LogP contribution in [-0.2, 0) is 19.1 Å². The maximum atomic E-state index is 11.3. The zero-order chi connectivity index (χ0) is 10.9. The van der Waals surface area contributed by atoms with E-state index < -0.39 is 17.7 Å². The minimum atomic E-state index is -0.722. The molecule has 0 bridgehead atoms. The monoisotopic (exact) mass is 198 g/mol. The molecular formula is C10H14O4. The summed E-state index contributed by atoms with van der Waals surface area (Å²) in [6.45, 7) is 8.33. The Labute approximate surface area is 82.9 Å². The highest BCUT2D eigenvalue weighted by atomic mass is 16.6. The van der Waals surface area contributed by atoms with E-state index in [0.29, 0.717) is 5.57 Å². The summed E-state index contributed by atoms with van der Waals surface area (Å²) in [5.41, 5.74) is -0.406. The number of esters is 1. The van der Waals surface area contributed by atoms with Gasteiger partial charge in [-0.15, -0.1) is 0 Å². The minimum Gasteiger partial charge on any atom is -0.459 e. The fraction of sp³-hybridized carbons (Fsp3) is 0.600. The van der Waals surface area contributed by atoms with E-state index in [1.165, 1.54) is 0 Å². The summed E-state index contributed by atoms with van der Waals surface area (Å²) in [6.07, 6.45) is -0.603. The Morgan fingerprint density at radius 2 is 2.21 bits per heavy atom. The van der Waals surface area contributed by atoms with Crippen LogP contribution in [0.15, 0.2) is 12.2 Å². The molecule has 0 aromatic heterocycles. The Hall–Kier alpha value is -1.16. The highest BCUT2D eigenvalue weighted by Crippen LogP contribution is 2.27. The predicted molar refractivity (Wildman–Crippen MR) is 49.7 cm³/mol. The molecule has 4 heteroatoms. The summed E-state index contributed by atoms with van der Waals surface area (Å²) in [5, 5.41) is 0. The van der Waals surface area contributed by atoms with Gasteiger partial charge in [0, 0.05) is 5.57 Å². The molecule has 14 heavy (non-hydrogen) atoms. The lowest BCUT2D eigenvalue weighted by Crippen LogP contribution is -2.59. The van der Waals surface area contributed by atoms with Crippen molar-refractivity contribution in [1.82, 2.24) is 0 Å². The van der Waals surface area contributed by atoms with Gasteiger partial charge in [-0.2, -0.15) is 0 Å². The average molecular weight is 198 g/mol. The van der Waals surface area contributed by atoms with Gasteiger partial charge in [0.15, 0.2) is 11.9 Å². The molecule has 0 aliphatic carbocycles. The second-order valence-electron chi connectivity index (χ2n) is 3.86. The van der Waals surface area contributed by atoms with Crippen LogP contribution >= 0.6 is 0 Å². The van der Waals surface area contributed by atoms with Crippen molar-refractivity contribution < 1.29 is 19.1 Å². The Bertz CT molecular complexity index is 290. The van der Waals surface area contributed by atoms with Crippen LogP contribution in [0.25, 0.3) is 0 Å². The second-order valence-corrected chi connectivity index (χ2v) is 3.86. The Balaban J connectivity index is 2.33. The van der Waals surface area contributed by atoms with E-state index in [1.54, 1.807) is 20.8 Å². The highest BCUT2D eigenvalue weighted by Gasteiger charge is 2.48. The van der Waals surface area contributed by atoms with E-state index in [2.05, 4.69) is 6.58 Å². The number of hydrogen-bond donors (Lipinski definition) is 0. The summed E-state index contributed by atoms with van der Waals surface area (Å²) >= 11 is 0. The first kappa shape index (κ1) is 10.9. The number of Topliss-reactive ketones (excluding diaryl/α,β-unsaturated/α-hetero) is 1. The number of rotatable bonds is 3. The van der Waals surface area contributed by atoms with Crippen LogP contribution in [0.5, 0.6) is 0 Å². The van der Waals surface area contributed by atoms with Gasteiger partial charge >= 0.3 is 5.97 Å². The molecule has 0 N–H and O–H groups in total. The van der Waals surface area contributed by atoms with Crippen molar-refractivity contribution in [3.63, 3.8) is 0 Å². The summed E-state index contributed by atoms with van der Waals surface area (Å²) < 4.78 is 10.00. The molecule has 0 radical (unpaired) electrons. The smallest absolute Gasteiger partial charge is 0.333 e. The lowest BCUT2D eigenvalue weighted by atomic mass is 9.92. The summed E-state index contributed by atoms with van der Waals surface area (Å²) in [4.78, 5) is 22.3. The third-order valence-electron chi connectivity index (χ3n) is 2.04. The quantitative estimate of drug-likeness (QED) is 0.498. The maximum absolute atomic E-state index is 11.3. The van der Waals surface area contributed by atoms with Crippen molar-refractivity contribution in [2.24, 2.45) is 0 Å². The Morgan fingerprint density at radius 3 is 2.57 bits per heavy atom. The molecule has 0 spiro atoms. The first-order valence-electron chi connectivity index (χ1n) is 4.39. The number of ketones is 1. The first-order valence-corrected chi connectivity index (χ1v) is 4.39. The molecule has 1 fully saturated rings. The zero-order valence-electron chi connectivity index (χ0n) is 8.62. The van der Waals surface area contributed by atoms with Crippen LogP contribution in [0, 0.1) is 0 Å². The molecule has 0 amide bonds. The van der Waals surface area contributed by atoms with E-state index in [1.807, 2.05) is 0 Å². The molecule has 0 aromatic rings. The van der Waals surface area contributed by atoms with Gasteiger partial charge < -0.3 is 9.47 Å². The van der Waals surface area contributed by atoms with Gasteiger partial charge in [-0.1, -0.05) is 6.58 Å². The lowest BCUT2D eigenvalue weighted by molar-refractivity contribution is -0.202. The van der Waals surface area contributed by atoms with Gasteiger partial charge in [0.1, 0.15) is 12.2 Å². The van der Waals surface area contributed by atoms with Crippen LogP contribution in [0.1, 0.15) is 20.8 Å². The minimum absolute atomic E-state index is 0.0199. The highest BCUT2D eigenvalue weighted by molar-refractivity contribution is 5.95. The van der Waals surface area contributed by atoms with Crippen LogP contribution in [0.2, 0.25) is 0 Å². The van der Waals surface area contributed by atoms with Crippen molar-refractivity contribution in [2.75, 3.05) is 6.61 Å². The van der Waals surface area contributed by atoms with Gasteiger partial charge in [-0.05, 0) is 20.8 Å². The van der Waals surface area contributed by atoms with Gasteiger partial charge in [0.2, 0.25) is 0 Å². The van der Waals surface area contributed by atoms with Gasteiger partial charge in [-0.3, -0.25) is 4.79 Å². The molecule has 1 heterocycles. The van der Waals surface area contributed by atoms with Crippen molar-refractivity contribution in [3.8, 4) is 0 Å².